The van der Waals surface area contributed by atoms with Crippen molar-refractivity contribution in [1.82, 2.24) is 4.98 Å². The molecule has 0 N–H and O–H groups in total. The predicted molar refractivity (Wildman–Crippen MR) is 49.7 cm³/mol. The van der Waals surface area contributed by atoms with Crippen molar-refractivity contribution in [2.24, 2.45) is 0 Å². The molecule has 15 heavy (non-hydrogen) atoms. The predicted octanol–water partition coefficient (Wildman–Crippen LogP) is 2.58. The number of esters is 1. The van der Waals surface area contributed by atoms with Crippen LogP contribution >= 0.6 is 11.6 Å². The number of nitrogens with zero attached hydrogens (tertiary/aromatic N) is 1. The van der Waals surface area contributed by atoms with Crippen molar-refractivity contribution in [3.05, 3.63) is 28.5 Å². The molecule has 0 spiro atoms. The summed E-state index contributed by atoms with van der Waals surface area (Å²) < 4.78 is 30.3. The standard InChI is InChI=1S/C9H8ClF2NO2/c1-4(2)15-9(14)6-3-5(11)7(12)8(10)13-6/h3-4H,1-2H3. The number of aromatic nitrogens is 1. The number of ether oxygens (including phenoxy) is 1. The van der Waals surface area contributed by atoms with Gasteiger partial charge in [0.15, 0.2) is 22.5 Å². The molecule has 0 fully saturated rings. The van der Waals surface area contributed by atoms with Gasteiger partial charge in [0.05, 0.1) is 6.10 Å². The fourth-order valence-corrected chi connectivity index (χ4v) is 1.03. The van der Waals surface area contributed by atoms with E-state index in [4.69, 9.17) is 16.3 Å². The SMILES string of the molecule is CC(C)OC(=O)c1cc(F)c(F)c(Cl)n1. The van der Waals surface area contributed by atoms with Crippen LogP contribution in [0.5, 0.6) is 0 Å². The number of carbonyl (C=O) groups is 1. The maximum atomic E-state index is 12.8. The van der Waals surface area contributed by atoms with Gasteiger partial charge in [-0.3, -0.25) is 0 Å². The van der Waals surface area contributed by atoms with E-state index in [1.165, 1.54) is 0 Å². The molecule has 6 heteroatoms. The third kappa shape index (κ3) is 2.86. The van der Waals surface area contributed by atoms with Crippen LogP contribution in [-0.2, 0) is 4.74 Å². The Labute approximate surface area is 90.0 Å². The highest BCUT2D eigenvalue weighted by atomic mass is 35.5. The smallest absolute Gasteiger partial charge is 0.357 e. The van der Waals surface area contributed by atoms with Crippen LogP contribution in [0, 0.1) is 11.6 Å². The van der Waals surface area contributed by atoms with Gasteiger partial charge in [-0.25, -0.2) is 18.6 Å². The summed E-state index contributed by atoms with van der Waals surface area (Å²) >= 11 is 5.27. The summed E-state index contributed by atoms with van der Waals surface area (Å²) in [7, 11) is 0. The van der Waals surface area contributed by atoms with E-state index >= 15 is 0 Å². The van der Waals surface area contributed by atoms with Crippen LogP contribution < -0.4 is 0 Å². The average Bonchev–Trinajstić information content (AvgIpc) is 2.12. The highest BCUT2D eigenvalue weighted by molar-refractivity contribution is 6.29. The lowest BCUT2D eigenvalue weighted by molar-refractivity contribution is 0.0370. The molecule has 1 aromatic heterocycles. The van der Waals surface area contributed by atoms with Crippen molar-refractivity contribution in [3.8, 4) is 0 Å². The summed E-state index contributed by atoms with van der Waals surface area (Å²) in [5, 5.41) is -0.689. The zero-order chi connectivity index (χ0) is 11.6. The first-order valence-electron chi connectivity index (χ1n) is 4.14. The van der Waals surface area contributed by atoms with Crippen LogP contribution in [0.3, 0.4) is 0 Å². The molecule has 0 atom stereocenters. The summed E-state index contributed by atoms with van der Waals surface area (Å²) in [4.78, 5) is 14.6. The lowest BCUT2D eigenvalue weighted by Gasteiger charge is -2.07. The molecule has 0 aliphatic carbocycles. The third-order valence-corrected chi connectivity index (χ3v) is 1.68. The minimum Gasteiger partial charge on any atom is -0.458 e. The van der Waals surface area contributed by atoms with Gasteiger partial charge in [0.1, 0.15) is 0 Å². The number of carbonyl (C=O) groups excluding carboxylic acids is 1. The fraction of sp³-hybridized carbons (Fsp3) is 0.333. The van der Waals surface area contributed by atoms with E-state index in [1.54, 1.807) is 13.8 Å². The Morgan fingerprint density at radius 2 is 2.13 bits per heavy atom. The molecule has 0 saturated heterocycles. The van der Waals surface area contributed by atoms with Gasteiger partial charge in [0, 0.05) is 6.07 Å². The molecule has 0 bridgehead atoms. The van der Waals surface area contributed by atoms with E-state index in [1.807, 2.05) is 0 Å². The quantitative estimate of drug-likeness (QED) is 0.584. The Morgan fingerprint density at radius 1 is 1.53 bits per heavy atom. The van der Waals surface area contributed by atoms with Gasteiger partial charge in [0.25, 0.3) is 0 Å². The zero-order valence-electron chi connectivity index (χ0n) is 8.05. The van der Waals surface area contributed by atoms with Crippen molar-refractivity contribution in [2.75, 3.05) is 0 Å². The van der Waals surface area contributed by atoms with E-state index in [9.17, 15) is 13.6 Å². The van der Waals surface area contributed by atoms with Crippen LogP contribution in [0.25, 0.3) is 0 Å². The topological polar surface area (TPSA) is 39.2 Å². The first kappa shape index (κ1) is 11.8. The van der Waals surface area contributed by atoms with E-state index in [0.717, 1.165) is 0 Å². The summed E-state index contributed by atoms with van der Waals surface area (Å²) in [6.45, 7) is 3.25. The van der Waals surface area contributed by atoms with Gasteiger partial charge in [-0.05, 0) is 13.8 Å². The van der Waals surface area contributed by atoms with E-state index in [-0.39, 0.29) is 11.8 Å². The van der Waals surface area contributed by atoms with Crippen LogP contribution in [0.4, 0.5) is 8.78 Å². The molecular formula is C9H8ClF2NO2. The largest absolute Gasteiger partial charge is 0.458 e. The second-order valence-corrected chi connectivity index (χ2v) is 3.41. The van der Waals surface area contributed by atoms with Gasteiger partial charge in [-0.1, -0.05) is 11.6 Å². The molecule has 0 aromatic carbocycles. The number of hydrogen-bond acceptors (Lipinski definition) is 3. The van der Waals surface area contributed by atoms with E-state index in [0.29, 0.717) is 6.07 Å². The van der Waals surface area contributed by atoms with Crippen LogP contribution in [-0.4, -0.2) is 17.1 Å². The maximum Gasteiger partial charge on any atom is 0.357 e. The van der Waals surface area contributed by atoms with Crippen LogP contribution in [0.15, 0.2) is 6.07 Å². The number of pyridine rings is 1. The molecule has 0 unspecified atom stereocenters. The first-order valence-corrected chi connectivity index (χ1v) is 4.52. The number of halogens is 3. The minimum absolute atomic E-state index is 0.354. The van der Waals surface area contributed by atoms with Gasteiger partial charge >= 0.3 is 5.97 Å². The van der Waals surface area contributed by atoms with Gasteiger partial charge in [-0.2, -0.15) is 0 Å². The number of hydrogen-bond donors (Lipinski definition) is 0. The first-order chi connectivity index (χ1) is 6.91. The molecule has 1 aromatic rings. The van der Waals surface area contributed by atoms with Crippen LogP contribution in [0.2, 0.25) is 5.15 Å². The summed E-state index contributed by atoms with van der Waals surface area (Å²) in [6, 6.07) is 0.645. The van der Waals surface area contributed by atoms with E-state index < -0.39 is 22.8 Å². The van der Waals surface area contributed by atoms with E-state index in [2.05, 4.69) is 4.98 Å². The summed E-state index contributed by atoms with van der Waals surface area (Å²) in [5.74, 6) is -3.35. The van der Waals surface area contributed by atoms with Crippen LogP contribution in [0.1, 0.15) is 24.3 Å². The molecule has 1 rings (SSSR count). The minimum atomic E-state index is -1.28. The zero-order valence-corrected chi connectivity index (χ0v) is 8.81. The lowest BCUT2D eigenvalue weighted by atomic mass is 10.3. The molecule has 3 nitrogen and oxygen atoms in total. The van der Waals surface area contributed by atoms with Crippen molar-refractivity contribution in [1.29, 1.82) is 0 Å². The highest BCUT2D eigenvalue weighted by Gasteiger charge is 2.17. The number of rotatable bonds is 2. The summed E-state index contributed by atoms with van der Waals surface area (Å²) in [5.41, 5.74) is -0.354. The fourth-order valence-electron chi connectivity index (χ4n) is 0.848. The molecule has 0 radical (unpaired) electrons. The molecule has 0 aliphatic rings. The Kier molecular flexibility index (Phi) is 3.57. The second-order valence-electron chi connectivity index (χ2n) is 3.05. The Hall–Kier alpha value is -1.23. The monoisotopic (exact) mass is 235 g/mol. The molecule has 0 saturated carbocycles. The Morgan fingerprint density at radius 3 is 2.60 bits per heavy atom. The maximum absolute atomic E-state index is 12.8. The Bertz CT molecular complexity index is 373. The molecular weight excluding hydrogens is 228 g/mol. The normalized spacial score (nSPS) is 10.5. The van der Waals surface area contributed by atoms with Gasteiger partial charge < -0.3 is 4.74 Å². The van der Waals surface area contributed by atoms with Crippen molar-refractivity contribution in [2.45, 2.75) is 20.0 Å². The Balaban J connectivity index is 3.01. The second kappa shape index (κ2) is 4.53. The molecule has 1 heterocycles. The summed E-state index contributed by atoms with van der Waals surface area (Å²) in [6.07, 6.45) is -0.369. The van der Waals surface area contributed by atoms with Gasteiger partial charge in [0.2, 0.25) is 0 Å². The highest BCUT2D eigenvalue weighted by Crippen LogP contribution is 2.16. The van der Waals surface area contributed by atoms with Crippen molar-refractivity contribution in [3.63, 3.8) is 0 Å². The molecule has 0 amide bonds. The van der Waals surface area contributed by atoms with Gasteiger partial charge in [-0.15, -0.1) is 0 Å². The lowest BCUT2D eigenvalue weighted by Crippen LogP contribution is -2.14. The molecule has 82 valence electrons. The molecule has 0 aliphatic heterocycles. The van der Waals surface area contributed by atoms with Crippen molar-refractivity contribution < 1.29 is 18.3 Å². The average molecular weight is 236 g/mol. The van der Waals surface area contributed by atoms with Crippen molar-refractivity contribution >= 4 is 17.6 Å². The third-order valence-electron chi connectivity index (χ3n) is 1.42.